The van der Waals surface area contributed by atoms with Gasteiger partial charge in [-0.2, -0.15) is 0 Å². The maximum atomic E-state index is 6.31. The molecule has 8 rings (SSSR count). The normalized spacial score (nSPS) is 15.0. The number of hydrogen-bond donors (Lipinski definition) is 0. The molecule has 1 aliphatic carbocycles. The van der Waals surface area contributed by atoms with Crippen LogP contribution in [0.4, 0.5) is 0 Å². The summed E-state index contributed by atoms with van der Waals surface area (Å²) in [6, 6.07) is 42.9. The molecule has 194 valence electrons. The molecule has 0 saturated heterocycles. The number of allylic oxidation sites excluding steroid dienone is 4. The molecule has 1 atom stereocenters. The summed E-state index contributed by atoms with van der Waals surface area (Å²) in [5.41, 5.74) is 10.3. The van der Waals surface area contributed by atoms with Gasteiger partial charge in [0.2, 0.25) is 0 Å². The summed E-state index contributed by atoms with van der Waals surface area (Å²) in [7, 11) is 0. The van der Waals surface area contributed by atoms with E-state index in [0.717, 1.165) is 46.0 Å². The van der Waals surface area contributed by atoms with Crippen molar-refractivity contribution in [1.82, 2.24) is 4.98 Å². The molecular formula is C39H27NO. The fourth-order valence-corrected chi connectivity index (χ4v) is 6.15. The second-order valence-electron chi connectivity index (χ2n) is 10.7. The Hall–Kier alpha value is -5.21. The molecule has 0 amide bonds. The van der Waals surface area contributed by atoms with Crippen LogP contribution in [0.15, 0.2) is 146 Å². The number of aromatic nitrogens is 1. The van der Waals surface area contributed by atoms with Crippen LogP contribution in [-0.4, -0.2) is 4.98 Å². The number of pyridine rings is 1. The summed E-state index contributed by atoms with van der Waals surface area (Å²) in [5, 5.41) is 2.37. The summed E-state index contributed by atoms with van der Waals surface area (Å²) in [6.07, 6.45) is 9.81. The molecule has 0 spiro atoms. The zero-order chi connectivity index (χ0) is 27.2. The summed E-state index contributed by atoms with van der Waals surface area (Å²) in [6.45, 7) is 0. The Kier molecular flexibility index (Phi) is 5.63. The molecule has 5 aromatic carbocycles. The fourth-order valence-electron chi connectivity index (χ4n) is 6.15. The largest absolute Gasteiger partial charge is 0.456 e. The van der Waals surface area contributed by atoms with Gasteiger partial charge >= 0.3 is 0 Å². The molecule has 0 bridgehead atoms. The van der Waals surface area contributed by atoms with Gasteiger partial charge in [-0.25, -0.2) is 4.98 Å². The van der Waals surface area contributed by atoms with Crippen molar-refractivity contribution in [2.24, 2.45) is 0 Å². The van der Waals surface area contributed by atoms with E-state index in [1.54, 1.807) is 0 Å². The molecule has 41 heavy (non-hydrogen) atoms. The number of nitrogens with zero attached hydrogens (tertiary/aromatic N) is 1. The lowest BCUT2D eigenvalue weighted by Gasteiger charge is -2.22. The average Bonchev–Trinajstić information content (AvgIpc) is 3.06. The highest BCUT2D eigenvalue weighted by molar-refractivity contribution is 6.09. The molecule has 2 heteroatoms. The van der Waals surface area contributed by atoms with E-state index in [1.807, 2.05) is 12.1 Å². The zero-order valence-electron chi connectivity index (χ0n) is 22.5. The van der Waals surface area contributed by atoms with Gasteiger partial charge in [0.1, 0.15) is 11.5 Å². The molecule has 0 N–H and O–H groups in total. The number of rotatable bonds is 4. The molecule has 2 heterocycles. The van der Waals surface area contributed by atoms with Gasteiger partial charge in [0.15, 0.2) is 0 Å². The predicted octanol–water partition coefficient (Wildman–Crippen LogP) is 10.6. The molecular weight excluding hydrogens is 498 g/mol. The van der Waals surface area contributed by atoms with Crippen LogP contribution in [0.25, 0.3) is 55.5 Å². The molecule has 2 nitrogen and oxygen atoms in total. The van der Waals surface area contributed by atoms with Crippen molar-refractivity contribution in [3.8, 4) is 56.3 Å². The van der Waals surface area contributed by atoms with Crippen molar-refractivity contribution in [3.63, 3.8) is 0 Å². The van der Waals surface area contributed by atoms with Crippen LogP contribution in [0, 0.1) is 0 Å². The first-order valence-electron chi connectivity index (χ1n) is 14.2. The first-order valence-corrected chi connectivity index (χ1v) is 14.2. The van der Waals surface area contributed by atoms with E-state index in [1.165, 1.54) is 33.0 Å². The van der Waals surface area contributed by atoms with Crippen LogP contribution >= 0.6 is 0 Å². The first kappa shape index (κ1) is 23.7. The fraction of sp³-hybridized carbons (Fsp3) is 0.0513. The Bertz CT molecular complexity index is 1980. The van der Waals surface area contributed by atoms with Crippen molar-refractivity contribution < 1.29 is 4.74 Å². The number of hydrogen-bond acceptors (Lipinski definition) is 2. The minimum Gasteiger partial charge on any atom is -0.456 e. The lowest BCUT2D eigenvalue weighted by Crippen LogP contribution is -2.00. The van der Waals surface area contributed by atoms with Gasteiger partial charge in [-0.1, -0.05) is 121 Å². The van der Waals surface area contributed by atoms with Crippen molar-refractivity contribution in [3.05, 3.63) is 151 Å². The summed E-state index contributed by atoms with van der Waals surface area (Å²) >= 11 is 0. The monoisotopic (exact) mass is 525 g/mol. The van der Waals surface area contributed by atoms with Crippen LogP contribution in [-0.2, 0) is 0 Å². The minimum absolute atomic E-state index is 0.355. The van der Waals surface area contributed by atoms with Gasteiger partial charge in [0, 0.05) is 28.0 Å². The van der Waals surface area contributed by atoms with Gasteiger partial charge in [-0.3, -0.25) is 0 Å². The molecule has 1 unspecified atom stereocenters. The second-order valence-corrected chi connectivity index (χ2v) is 10.7. The van der Waals surface area contributed by atoms with Crippen molar-refractivity contribution in [2.45, 2.75) is 12.3 Å². The Balaban J connectivity index is 1.21. The van der Waals surface area contributed by atoms with E-state index in [4.69, 9.17) is 9.72 Å². The maximum absolute atomic E-state index is 6.31. The van der Waals surface area contributed by atoms with Gasteiger partial charge < -0.3 is 4.74 Å². The third-order valence-corrected chi connectivity index (χ3v) is 8.22. The number of para-hydroxylation sites is 1. The van der Waals surface area contributed by atoms with Gasteiger partial charge in [0.25, 0.3) is 0 Å². The molecule has 1 aliphatic heterocycles. The molecule has 0 radical (unpaired) electrons. The Labute approximate surface area is 239 Å². The molecule has 2 aliphatic rings. The number of ether oxygens (including phenoxy) is 1. The number of benzene rings is 5. The first-order chi connectivity index (χ1) is 20.3. The van der Waals surface area contributed by atoms with Crippen LogP contribution in [0.5, 0.6) is 11.5 Å². The van der Waals surface area contributed by atoms with Gasteiger partial charge in [0.05, 0.1) is 11.4 Å². The van der Waals surface area contributed by atoms with E-state index in [2.05, 4.69) is 133 Å². The Morgan fingerprint density at radius 3 is 2.10 bits per heavy atom. The average molecular weight is 526 g/mol. The van der Waals surface area contributed by atoms with E-state index >= 15 is 0 Å². The minimum atomic E-state index is 0.355. The highest BCUT2D eigenvalue weighted by Crippen LogP contribution is 2.48. The maximum Gasteiger partial charge on any atom is 0.135 e. The summed E-state index contributed by atoms with van der Waals surface area (Å²) in [5.74, 6) is 2.18. The van der Waals surface area contributed by atoms with Crippen molar-refractivity contribution >= 4 is 10.8 Å². The van der Waals surface area contributed by atoms with Crippen LogP contribution in [0.1, 0.15) is 17.9 Å². The highest BCUT2D eigenvalue weighted by atomic mass is 16.5. The van der Waals surface area contributed by atoms with Crippen LogP contribution in [0.2, 0.25) is 0 Å². The SMILES string of the molecule is C1=CCC(c2cc(-c3ccccc3)nc(-c3ccc(-c4ccc5c6c(cccc46)-c4ccccc4O5)cc3)c2)C=C1. The second kappa shape index (κ2) is 9.76. The molecule has 6 aromatic rings. The summed E-state index contributed by atoms with van der Waals surface area (Å²) in [4.78, 5) is 5.13. The van der Waals surface area contributed by atoms with Crippen molar-refractivity contribution in [1.29, 1.82) is 0 Å². The number of fused-ring (bicyclic) bond motifs is 2. The quantitative estimate of drug-likeness (QED) is 0.228. The topological polar surface area (TPSA) is 22.1 Å². The molecule has 0 saturated carbocycles. The zero-order valence-corrected chi connectivity index (χ0v) is 22.5. The van der Waals surface area contributed by atoms with Crippen molar-refractivity contribution in [2.75, 3.05) is 0 Å². The predicted molar refractivity (Wildman–Crippen MR) is 169 cm³/mol. The third kappa shape index (κ3) is 4.16. The highest BCUT2D eigenvalue weighted by Gasteiger charge is 2.21. The smallest absolute Gasteiger partial charge is 0.135 e. The standard InChI is InChI=1S/C39H27NO/c1-3-10-26(11-4-1)30-24-35(28-12-5-2-6-13-28)40-36(25-30)29-20-18-27(19-21-29)31-22-23-38-39-33(31)15-9-16-34(39)32-14-7-8-17-37(32)41-38/h1-10,12-26H,11H2. The van der Waals surface area contributed by atoms with Crippen LogP contribution in [0.3, 0.4) is 0 Å². The van der Waals surface area contributed by atoms with E-state index in [9.17, 15) is 0 Å². The Morgan fingerprint density at radius 1 is 0.561 bits per heavy atom. The lowest BCUT2D eigenvalue weighted by molar-refractivity contribution is 0.487. The van der Waals surface area contributed by atoms with Crippen LogP contribution < -0.4 is 4.74 Å². The molecule has 1 aromatic heterocycles. The lowest BCUT2D eigenvalue weighted by atomic mass is 9.89. The van der Waals surface area contributed by atoms with E-state index < -0.39 is 0 Å². The van der Waals surface area contributed by atoms with E-state index in [0.29, 0.717) is 5.92 Å². The summed E-state index contributed by atoms with van der Waals surface area (Å²) < 4.78 is 6.31. The molecule has 0 fully saturated rings. The van der Waals surface area contributed by atoms with Gasteiger partial charge in [-0.05, 0) is 58.3 Å². The van der Waals surface area contributed by atoms with E-state index in [-0.39, 0.29) is 0 Å². The third-order valence-electron chi connectivity index (χ3n) is 8.22. The van der Waals surface area contributed by atoms with Gasteiger partial charge in [-0.15, -0.1) is 0 Å². The Morgan fingerprint density at radius 2 is 1.29 bits per heavy atom.